The van der Waals surface area contributed by atoms with Gasteiger partial charge in [-0.3, -0.25) is 4.79 Å². The van der Waals surface area contributed by atoms with Gasteiger partial charge in [-0.25, -0.2) is 0 Å². The van der Waals surface area contributed by atoms with Crippen molar-refractivity contribution >= 4 is 5.91 Å². The summed E-state index contributed by atoms with van der Waals surface area (Å²) >= 11 is 0. The SMILES string of the molecule is COc1cc2c(cc1OC)CN(C(=O)CCCOc1ccccc1C)CC2. The van der Waals surface area contributed by atoms with Gasteiger partial charge >= 0.3 is 0 Å². The molecule has 1 amide bonds. The zero-order valence-corrected chi connectivity index (χ0v) is 16.3. The van der Waals surface area contributed by atoms with E-state index in [0.29, 0.717) is 31.7 Å². The van der Waals surface area contributed by atoms with Gasteiger partial charge in [-0.1, -0.05) is 18.2 Å². The maximum absolute atomic E-state index is 12.6. The molecule has 0 bridgehead atoms. The Hall–Kier alpha value is -2.69. The quantitative estimate of drug-likeness (QED) is 0.698. The molecule has 0 aliphatic carbocycles. The maximum atomic E-state index is 12.6. The highest BCUT2D eigenvalue weighted by Gasteiger charge is 2.22. The minimum Gasteiger partial charge on any atom is -0.493 e. The summed E-state index contributed by atoms with van der Waals surface area (Å²) in [5, 5.41) is 0. The first kappa shape index (κ1) is 19.1. The average Bonchev–Trinajstić information content (AvgIpc) is 2.70. The number of fused-ring (bicyclic) bond motifs is 1. The van der Waals surface area contributed by atoms with Gasteiger partial charge < -0.3 is 19.1 Å². The molecule has 5 nitrogen and oxygen atoms in total. The fourth-order valence-electron chi connectivity index (χ4n) is 3.38. The topological polar surface area (TPSA) is 48.0 Å². The summed E-state index contributed by atoms with van der Waals surface area (Å²) in [5.41, 5.74) is 3.46. The number of nitrogens with zero attached hydrogens (tertiary/aromatic N) is 1. The van der Waals surface area contributed by atoms with Crippen LogP contribution in [-0.2, 0) is 17.8 Å². The fraction of sp³-hybridized carbons (Fsp3) is 0.409. The number of ether oxygens (including phenoxy) is 3. The van der Waals surface area contributed by atoms with Gasteiger partial charge in [0.2, 0.25) is 5.91 Å². The molecule has 2 aromatic carbocycles. The Balaban J connectivity index is 1.52. The van der Waals surface area contributed by atoms with Crippen molar-refractivity contribution in [3.63, 3.8) is 0 Å². The van der Waals surface area contributed by atoms with Crippen LogP contribution >= 0.6 is 0 Å². The van der Waals surface area contributed by atoms with Crippen molar-refractivity contribution < 1.29 is 19.0 Å². The van der Waals surface area contributed by atoms with E-state index < -0.39 is 0 Å². The van der Waals surface area contributed by atoms with Gasteiger partial charge in [0.1, 0.15) is 5.75 Å². The third-order valence-corrected chi connectivity index (χ3v) is 4.96. The molecule has 1 heterocycles. The Labute approximate surface area is 160 Å². The normalized spacial score (nSPS) is 13.1. The van der Waals surface area contributed by atoms with Crippen molar-refractivity contribution in [3.05, 3.63) is 53.1 Å². The molecule has 144 valence electrons. The van der Waals surface area contributed by atoms with Crippen LogP contribution in [0, 0.1) is 6.92 Å². The van der Waals surface area contributed by atoms with Crippen LogP contribution < -0.4 is 14.2 Å². The van der Waals surface area contributed by atoms with E-state index in [-0.39, 0.29) is 5.91 Å². The molecule has 0 saturated carbocycles. The van der Waals surface area contributed by atoms with Gasteiger partial charge in [-0.05, 0) is 54.7 Å². The summed E-state index contributed by atoms with van der Waals surface area (Å²) in [4.78, 5) is 14.5. The lowest BCUT2D eigenvalue weighted by Crippen LogP contribution is -2.36. The number of hydrogen-bond acceptors (Lipinski definition) is 4. The maximum Gasteiger partial charge on any atom is 0.223 e. The smallest absolute Gasteiger partial charge is 0.223 e. The molecule has 3 rings (SSSR count). The van der Waals surface area contributed by atoms with Crippen molar-refractivity contribution in [2.75, 3.05) is 27.4 Å². The van der Waals surface area contributed by atoms with Crippen LogP contribution in [0.5, 0.6) is 17.2 Å². The van der Waals surface area contributed by atoms with E-state index in [2.05, 4.69) is 0 Å². The minimum absolute atomic E-state index is 0.170. The van der Waals surface area contributed by atoms with E-state index >= 15 is 0 Å². The van der Waals surface area contributed by atoms with Crippen LogP contribution in [0.15, 0.2) is 36.4 Å². The number of aryl methyl sites for hydroxylation is 1. The molecule has 0 atom stereocenters. The number of rotatable bonds is 7. The Morgan fingerprint density at radius 1 is 1.04 bits per heavy atom. The number of hydrogen-bond donors (Lipinski definition) is 0. The summed E-state index contributed by atoms with van der Waals surface area (Å²) in [6, 6.07) is 11.9. The Morgan fingerprint density at radius 2 is 1.74 bits per heavy atom. The van der Waals surface area contributed by atoms with E-state index in [0.717, 1.165) is 35.6 Å². The number of carbonyl (C=O) groups is 1. The van der Waals surface area contributed by atoms with E-state index in [1.54, 1.807) is 14.2 Å². The number of amides is 1. The standard InChI is InChI=1S/C22H27NO4/c1-16-7-4-5-8-19(16)27-12-6-9-22(24)23-11-10-17-13-20(25-2)21(26-3)14-18(17)15-23/h4-5,7-8,13-14H,6,9-12,15H2,1-3H3. The lowest BCUT2D eigenvalue weighted by Gasteiger charge is -2.29. The largest absolute Gasteiger partial charge is 0.493 e. The summed E-state index contributed by atoms with van der Waals surface area (Å²) in [7, 11) is 3.27. The lowest BCUT2D eigenvalue weighted by atomic mass is 9.98. The van der Waals surface area contributed by atoms with Crippen LogP contribution in [0.3, 0.4) is 0 Å². The van der Waals surface area contributed by atoms with Crippen LogP contribution in [0.1, 0.15) is 29.5 Å². The molecule has 0 N–H and O–H groups in total. The second kappa shape index (κ2) is 8.80. The van der Waals surface area contributed by atoms with Gasteiger partial charge in [0.25, 0.3) is 0 Å². The number of para-hydroxylation sites is 1. The zero-order chi connectivity index (χ0) is 19.2. The highest BCUT2D eigenvalue weighted by atomic mass is 16.5. The summed E-state index contributed by atoms with van der Waals surface area (Å²) in [6.45, 7) is 3.92. The van der Waals surface area contributed by atoms with Gasteiger partial charge in [-0.15, -0.1) is 0 Å². The summed E-state index contributed by atoms with van der Waals surface area (Å²) in [5.74, 6) is 2.50. The third kappa shape index (κ3) is 4.54. The average molecular weight is 369 g/mol. The summed E-state index contributed by atoms with van der Waals surface area (Å²) in [6.07, 6.45) is 2.04. The molecule has 0 unspecified atom stereocenters. The van der Waals surface area contributed by atoms with Crippen molar-refractivity contribution in [2.45, 2.75) is 32.7 Å². The van der Waals surface area contributed by atoms with Crippen molar-refractivity contribution in [1.29, 1.82) is 0 Å². The molecule has 1 aliphatic heterocycles. The number of methoxy groups -OCH3 is 2. The lowest BCUT2D eigenvalue weighted by molar-refractivity contribution is -0.132. The fourth-order valence-corrected chi connectivity index (χ4v) is 3.38. The molecule has 0 radical (unpaired) electrons. The van der Waals surface area contributed by atoms with Crippen LogP contribution in [-0.4, -0.2) is 38.2 Å². The van der Waals surface area contributed by atoms with Crippen molar-refractivity contribution in [2.24, 2.45) is 0 Å². The van der Waals surface area contributed by atoms with Crippen LogP contribution in [0.25, 0.3) is 0 Å². The van der Waals surface area contributed by atoms with Crippen molar-refractivity contribution in [1.82, 2.24) is 4.90 Å². The molecule has 27 heavy (non-hydrogen) atoms. The molecule has 0 spiro atoms. The van der Waals surface area contributed by atoms with Gasteiger partial charge in [-0.2, -0.15) is 0 Å². The van der Waals surface area contributed by atoms with E-state index in [4.69, 9.17) is 14.2 Å². The highest BCUT2D eigenvalue weighted by molar-refractivity contribution is 5.76. The zero-order valence-electron chi connectivity index (χ0n) is 16.3. The van der Waals surface area contributed by atoms with E-state index in [9.17, 15) is 4.79 Å². The molecule has 2 aromatic rings. The molecule has 1 aliphatic rings. The molecule has 0 aromatic heterocycles. The Kier molecular flexibility index (Phi) is 6.22. The van der Waals surface area contributed by atoms with E-state index in [1.165, 1.54) is 5.56 Å². The first-order valence-electron chi connectivity index (χ1n) is 9.32. The first-order chi connectivity index (χ1) is 13.1. The molecule has 0 saturated heterocycles. The molecule has 0 fully saturated rings. The predicted molar refractivity (Wildman–Crippen MR) is 105 cm³/mol. The second-order valence-corrected chi connectivity index (χ2v) is 6.76. The monoisotopic (exact) mass is 369 g/mol. The third-order valence-electron chi connectivity index (χ3n) is 4.96. The first-order valence-corrected chi connectivity index (χ1v) is 9.32. The number of benzene rings is 2. The predicted octanol–water partition coefficient (Wildman–Crippen LogP) is 3.76. The van der Waals surface area contributed by atoms with Gasteiger partial charge in [0, 0.05) is 19.5 Å². The van der Waals surface area contributed by atoms with Gasteiger partial charge in [0.05, 0.1) is 20.8 Å². The molecular weight excluding hydrogens is 342 g/mol. The Morgan fingerprint density at radius 3 is 2.44 bits per heavy atom. The van der Waals surface area contributed by atoms with Crippen molar-refractivity contribution in [3.8, 4) is 17.2 Å². The summed E-state index contributed by atoms with van der Waals surface area (Å²) < 4.78 is 16.5. The Bertz CT molecular complexity index is 803. The second-order valence-electron chi connectivity index (χ2n) is 6.76. The van der Waals surface area contributed by atoms with Crippen LogP contribution in [0.4, 0.5) is 0 Å². The highest BCUT2D eigenvalue weighted by Crippen LogP contribution is 2.33. The molecular formula is C22H27NO4. The van der Waals surface area contributed by atoms with E-state index in [1.807, 2.05) is 48.2 Å². The van der Waals surface area contributed by atoms with Gasteiger partial charge in [0.15, 0.2) is 11.5 Å². The number of carbonyl (C=O) groups excluding carboxylic acids is 1. The van der Waals surface area contributed by atoms with Crippen LogP contribution in [0.2, 0.25) is 0 Å². The minimum atomic E-state index is 0.170. The molecule has 5 heteroatoms.